The third-order valence-corrected chi connectivity index (χ3v) is 2.74. The molecule has 0 aliphatic rings. The van der Waals surface area contributed by atoms with Crippen LogP contribution in [-0.2, 0) is 0 Å². The van der Waals surface area contributed by atoms with Crippen LogP contribution in [0.15, 0.2) is 12.1 Å². The number of pyridine rings is 1. The zero-order valence-corrected chi connectivity index (χ0v) is 11.0. The first-order valence-corrected chi connectivity index (χ1v) is 6.16. The summed E-state index contributed by atoms with van der Waals surface area (Å²) in [5.41, 5.74) is 1.45. The van der Waals surface area contributed by atoms with Crippen LogP contribution in [0.2, 0.25) is 0 Å². The number of aryl methyl sites for hydroxylation is 1. The first-order chi connectivity index (χ1) is 8.71. The van der Waals surface area contributed by atoms with Gasteiger partial charge in [0.2, 0.25) is 0 Å². The summed E-state index contributed by atoms with van der Waals surface area (Å²) in [6.45, 7) is 7.22. The number of aliphatic hydroxyl groups excluding tert-OH is 1. The highest BCUT2D eigenvalue weighted by atomic mass is 16.3. The molecule has 0 unspecified atom stereocenters. The van der Waals surface area contributed by atoms with E-state index in [4.69, 9.17) is 10.4 Å². The molecule has 0 bridgehead atoms. The predicted molar refractivity (Wildman–Crippen MR) is 71.4 cm³/mol. The lowest BCUT2D eigenvalue weighted by Crippen LogP contribution is -2.31. The van der Waals surface area contributed by atoms with Gasteiger partial charge in [-0.3, -0.25) is 4.90 Å². The fourth-order valence-corrected chi connectivity index (χ4v) is 1.68. The lowest BCUT2D eigenvalue weighted by atomic mass is 10.2. The number of rotatable bonds is 7. The maximum atomic E-state index is 8.97. The summed E-state index contributed by atoms with van der Waals surface area (Å²) in [6.07, 6.45) is 0. The van der Waals surface area contributed by atoms with Crippen LogP contribution in [0, 0.1) is 18.3 Å². The summed E-state index contributed by atoms with van der Waals surface area (Å²) in [4.78, 5) is 6.44. The van der Waals surface area contributed by atoms with Gasteiger partial charge in [0.25, 0.3) is 0 Å². The Morgan fingerprint density at radius 3 is 2.83 bits per heavy atom. The molecule has 0 aromatic carbocycles. The van der Waals surface area contributed by atoms with Crippen molar-refractivity contribution in [2.24, 2.45) is 0 Å². The number of nitriles is 1. The molecule has 0 aliphatic heterocycles. The van der Waals surface area contributed by atoms with E-state index in [1.165, 1.54) is 0 Å². The van der Waals surface area contributed by atoms with Crippen LogP contribution < -0.4 is 5.32 Å². The molecule has 0 spiro atoms. The van der Waals surface area contributed by atoms with Gasteiger partial charge in [-0.15, -0.1) is 0 Å². The summed E-state index contributed by atoms with van der Waals surface area (Å²) in [5.74, 6) is 0.637. The van der Waals surface area contributed by atoms with Gasteiger partial charge in [-0.1, -0.05) is 6.92 Å². The minimum absolute atomic E-state index is 0.167. The molecule has 1 aromatic rings. The Balaban J connectivity index is 2.53. The monoisotopic (exact) mass is 248 g/mol. The molecule has 0 aliphatic carbocycles. The Labute approximate surface area is 108 Å². The van der Waals surface area contributed by atoms with Crippen molar-refractivity contribution in [3.63, 3.8) is 0 Å². The molecule has 1 rings (SSSR count). The summed E-state index contributed by atoms with van der Waals surface area (Å²) in [5, 5.41) is 21.0. The van der Waals surface area contributed by atoms with Gasteiger partial charge in [-0.05, 0) is 25.6 Å². The second kappa shape index (κ2) is 7.64. The number of anilines is 1. The summed E-state index contributed by atoms with van der Waals surface area (Å²) in [6, 6.07) is 5.72. The van der Waals surface area contributed by atoms with Crippen LogP contribution in [0.1, 0.15) is 18.2 Å². The standard InChI is InChI=1S/C13H20N4O/c1-3-17(8-9-18)7-6-15-13-12(10-14)5-4-11(2)16-13/h4-5,18H,3,6-9H2,1-2H3,(H,15,16). The van der Waals surface area contributed by atoms with E-state index in [-0.39, 0.29) is 6.61 Å². The second-order valence-corrected chi connectivity index (χ2v) is 4.05. The zero-order valence-electron chi connectivity index (χ0n) is 11.0. The van der Waals surface area contributed by atoms with E-state index in [0.29, 0.717) is 24.5 Å². The van der Waals surface area contributed by atoms with Crippen LogP contribution in [-0.4, -0.2) is 47.8 Å². The van der Waals surface area contributed by atoms with Crippen molar-refractivity contribution < 1.29 is 5.11 Å². The van der Waals surface area contributed by atoms with Crippen molar-refractivity contribution in [2.45, 2.75) is 13.8 Å². The summed E-state index contributed by atoms with van der Waals surface area (Å²) < 4.78 is 0. The molecular weight excluding hydrogens is 228 g/mol. The zero-order chi connectivity index (χ0) is 13.4. The molecule has 0 saturated carbocycles. The van der Waals surface area contributed by atoms with Crippen molar-refractivity contribution in [2.75, 3.05) is 38.1 Å². The predicted octanol–water partition coefficient (Wildman–Crippen LogP) is 0.988. The molecule has 18 heavy (non-hydrogen) atoms. The average molecular weight is 248 g/mol. The fraction of sp³-hybridized carbons (Fsp3) is 0.538. The molecule has 0 atom stereocenters. The SMILES string of the molecule is CCN(CCO)CCNc1nc(C)ccc1C#N. The van der Waals surface area contributed by atoms with Crippen molar-refractivity contribution >= 4 is 5.82 Å². The number of likely N-dealkylation sites (N-methyl/N-ethyl adjacent to an activating group) is 1. The number of nitrogens with one attached hydrogen (secondary N) is 1. The van der Waals surface area contributed by atoms with Gasteiger partial charge >= 0.3 is 0 Å². The fourth-order valence-electron chi connectivity index (χ4n) is 1.68. The Kier molecular flexibility index (Phi) is 6.12. The lowest BCUT2D eigenvalue weighted by Gasteiger charge is -2.19. The van der Waals surface area contributed by atoms with Gasteiger partial charge in [0.1, 0.15) is 11.9 Å². The molecular formula is C13H20N4O. The number of aliphatic hydroxyl groups is 1. The highest BCUT2D eigenvalue weighted by Crippen LogP contribution is 2.11. The van der Waals surface area contributed by atoms with Crippen molar-refractivity contribution in [3.05, 3.63) is 23.4 Å². The molecule has 1 heterocycles. The van der Waals surface area contributed by atoms with Crippen LogP contribution in [0.25, 0.3) is 0 Å². The molecule has 5 nitrogen and oxygen atoms in total. The Bertz CT molecular complexity index is 414. The molecule has 5 heteroatoms. The summed E-state index contributed by atoms with van der Waals surface area (Å²) >= 11 is 0. The number of hydrogen-bond donors (Lipinski definition) is 2. The van der Waals surface area contributed by atoms with E-state index in [9.17, 15) is 0 Å². The van der Waals surface area contributed by atoms with Gasteiger partial charge in [-0.2, -0.15) is 5.26 Å². The Morgan fingerprint density at radius 1 is 1.44 bits per heavy atom. The van der Waals surface area contributed by atoms with Crippen molar-refractivity contribution in [1.82, 2.24) is 9.88 Å². The minimum atomic E-state index is 0.167. The largest absolute Gasteiger partial charge is 0.395 e. The number of hydrogen-bond acceptors (Lipinski definition) is 5. The Hall–Kier alpha value is -1.64. The highest BCUT2D eigenvalue weighted by Gasteiger charge is 2.05. The second-order valence-electron chi connectivity index (χ2n) is 4.05. The van der Waals surface area contributed by atoms with Crippen LogP contribution in [0.4, 0.5) is 5.82 Å². The normalized spacial score (nSPS) is 10.4. The van der Waals surface area contributed by atoms with Gasteiger partial charge < -0.3 is 10.4 Å². The third-order valence-electron chi connectivity index (χ3n) is 2.74. The van der Waals surface area contributed by atoms with E-state index < -0.39 is 0 Å². The highest BCUT2D eigenvalue weighted by molar-refractivity contribution is 5.52. The van der Waals surface area contributed by atoms with Crippen molar-refractivity contribution in [1.29, 1.82) is 5.26 Å². The first kappa shape index (κ1) is 14.4. The van der Waals surface area contributed by atoms with Crippen LogP contribution in [0.3, 0.4) is 0 Å². The maximum Gasteiger partial charge on any atom is 0.144 e. The smallest absolute Gasteiger partial charge is 0.144 e. The van der Waals surface area contributed by atoms with Gasteiger partial charge in [0.15, 0.2) is 0 Å². The van der Waals surface area contributed by atoms with Crippen LogP contribution >= 0.6 is 0 Å². The quantitative estimate of drug-likeness (QED) is 0.753. The van der Waals surface area contributed by atoms with Crippen LogP contribution in [0.5, 0.6) is 0 Å². The minimum Gasteiger partial charge on any atom is -0.395 e. The first-order valence-electron chi connectivity index (χ1n) is 6.16. The summed E-state index contributed by atoms with van der Waals surface area (Å²) in [7, 11) is 0. The molecule has 98 valence electrons. The van der Waals surface area contributed by atoms with Crippen molar-refractivity contribution in [3.8, 4) is 6.07 Å². The van der Waals surface area contributed by atoms with E-state index in [1.807, 2.05) is 13.0 Å². The topological polar surface area (TPSA) is 72.2 Å². The van der Waals surface area contributed by atoms with Gasteiger partial charge in [-0.25, -0.2) is 4.98 Å². The van der Waals surface area contributed by atoms with E-state index in [0.717, 1.165) is 18.8 Å². The van der Waals surface area contributed by atoms with Gasteiger partial charge in [0.05, 0.1) is 12.2 Å². The van der Waals surface area contributed by atoms with E-state index in [2.05, 4.69) is 28.2 Å². The third kappa shape index (κ3) is 4.32. The Morgan fingerprint density at radius 2 is 2.22 bits per heavy atom. The molecule has 1 aromatic heterocycles. The van der Waals surface area contributed by atoms with E-state index in [1.54, 1.807) is 6.07 Å². The maximum absolute atomic E-state index is 8.97. The average Bonchev–Trinajstić information content (AvgIpc) is 2.38. The molecule has 0 saturated heterocycles. The molecule has 0 fully saturated rings. The molecule has 0 radical (unpaired) electrons. The number of nitrogens with zero attached hydrogens (tertiary/aromatic N) is 3. The molecule has 0 amide bonds. The lowest BCUT2D eigenvalue weighted by molar-refractivity contribution is 0.206. The number of aromatic nitrogens is 1. The molecule has 2 N–H and O–H groups in total. The van der Waals surface area contributed by atoms with E-state index >= 15 is 0 Å². The van der Waals surface area contributed by atoms with Gasteiger partial charge in [0, 0.05) is 25.3 Å².